The van der Waals surface area contributed by atoms with Gasteiger partial charge in [-0.1, -0.05) is 12.1 Å². The third-order valence-electron chi connectivity index (χ3n) is 2.79. The number of ether oxygens (including phenoxy) is 2. The largest absolute Gasteiger partial charge is 0.493 e. The highest BCUT2D eigenvalue weighted by Crippen LogP contribution is 2.37. The van der Waals surface area contributed by atoms with Crippen LogP contribution in [0.3, 0.4) is 0 Å². The summed E-state index contributed by atoms with van der Waals surface area (Å²) < 4.78 is 10.7. The first-order chi connectivity index (χ1) is 8.81. The Labute approximate surface area is 110 Å². The van der Waals surface area contributed by atoms with E-state index in [-0.39, 0.29) is 6.04 Å². The molecule has 0 bridgehead atoms. The zero-order valence-corrected chi connectivity index (χ0v) is 11.2. The molecule has 4 nitrogen and oxygen atoms in total. The summed E-state index contributed by atoms with van der Waals surface area (Å²) in [6.07, 6.45) is 0. The van der Waals surface area contributed by atoms with E-state index in [9.17, 15) is 0 Å². The molecule has 0 radical (unpaired) electrons. The summed E-state index contributed by atoms with van der Waals surface area (Å²) in [6.45, 7) is 0. The van der Waals surface area contributed by atoms with Crippen LogP contribution in [0.4, 0.5) is 0 Å². The van der Waals surface area contributed by atoms with Gasteiger partial charge in [0, 0.05) is 5.56 Å². The number of thiophene rings is 1. The lowest BCUT2D eigenvalue weighted by Crippen LogP contribution is -2.28. The van der Waals surface area contributed by atoms with Crippen LogP contribution >= 0.6 is 11.3 Å². The number of methoxy groups -OCH3 is 2. The molecule has 0 saturated heterocycles. The highest BCUT2D eigenvalue weighted by atomic mass is 32.1. The smallest absolute Gasteiger partial charge is 0.165 e. The molecule has 1 unspecified atom stereocenters. The van der Waals surface area contributed by atoms with Crippen molar-refractivity contribution < 1.29 is 9.47 Å². The van der Waals surface area contributed by atoms with Crippen molar-refractivity contribution in [2.45, 2.75) is 6.04 Å². The first-order valence-electron chi connectivity index (χ1n) is 5.51. The van der Waals surface area contributed by atoms with Crippen LogP contribution < -0.4 is 20.7 Å². The quantitative estimate of drug-likeness (QED) is 0.643. The van der Waals surface area contributed by atoms with E-state index in [2.05, 4.69) is 10.8 Å². The van der Waals surface area contributed by atoms with E-state index in [0.717, 1.165) is 11.1 Å². The lowest BCUT2D eigenvalue weighted by Gasteiger charge is -2.19. The van der Waals surface area contributed by atoms with Gasteiger partial charge in [-0.05, 0) is 28.5 Å². The molecule has 5 heteroatoms. The third-order valence-corrected chi connectivity index (χ3v) is 3.49. The van der Waals surface area contributed by atoms with Gasteiger partial charge >= 0.3 is 0 Å². The van der Waals surface area contributed by atoms with Crippen molar-refractivity contribution in [3.8, 4) is 11.5 Å². The number of hydrogen-bond acceptors (Lipinski definition) is 5. The minimum atomic E-state index is -0.110. The molecule has 18 heavy (non-hydrogen) atoms. The van der Waals surface area contributed by atoms with E-state index in [1.54, 1.807) is 25.6 Å². The SMILES string of the molecule is COc1cccc(C(NN)c2ccsc2)c1OC. The number of hydrazine groups is 1. The molecule has 1 heterocycles. The fraction of sp³-hybridized carbons (Fsp3) is 0.231. The van der Waals surface area contributed by atoms with Gasteiger partial charge in [0.15, 0.2) is 11.5 Å². The molecule has 0 amide bonds. The minimum absolute atomic E-state index is 0.110. The summed E-state index contributed by atoms with van der Waals surface area (Å²) >= 11 is 1.63. The molecule has 0 spiro atoms. The summed E-state index contributed by atoms with van der Waals surface area (Å²) in [7, 11) is 3.25. The normalized spacial score (nSPS) is 12.2. The Morgan fingerprint density at radius 1 is 1.22 bits per heavy atom. The Kier molecular flexibility index (Phi) is 4.19. The molecular formula is C13H16N2O2S. The van der Waals surface area contributed by atoms with Crippen LogP contribution in [0.15, 0.2) is 35.0 Å². The second-order valence-corrected chi connectivity index (χ2v) is 4.52. The molecule has 1 aromatic carbocycles. The summed E-state index contributed by atoms with van der Waals surface area (Å²) in [5.41, 5.74) is 4.88. The van der Waals surface area contributed by atoms with Crippen LogP contribution in [0.5, 0.6) is 11.5 Å². The Morgan fingerprint density at radius 2 is 2.06 bits per heavy atom. The number of hydrogen-bond donors (Lipinski definition) is 2. The van der Waals surface area contributed by atoms with Crippen molar-refractivity contribution in [2.75, 3.05) is 14.2 Å². The molecule has 3 N–H and O–H groups in total. The number of rotatable bonds is 5. The van der Waals surface area contributed by atoms with Gasteiger partial charge in [-0.25, -0.2) is 5.43 Å². The molecule has 0 aliphatic rings. The van der Waals surface area contributed by atoms with Crippen molar-refractivity contribution in [1.82, 2.24) is 5.43 Å². The maximum Gasteiger partial charge on any atom is 0.165 e. The lowest BCUT2D eigenvalue weighted by atomic mass is 10.0. The second kappa shape index (κ2) is 5.86. The van der Waals surface area contributed by atoms with E-state index < -0.39 is 0 Å². The van der Waals surface area contributed by atoms with Crippen molar-refractivity contribution >= 4 is 11.3 Å². The molecular weight excluding hydrogens is 248 g/mol. The van der Waals surface area contributed by atoms with Crippen LogP contribution in [0.1, 0.15) is 17.2 Å². The molecule has 96 valence electrons. The van der Waals surface area contributed by atoms with Gasteiger partial charge in [0.25, 0.3) is 0 Å². The number of benzene rings is 1. The van der Waals surface area contributed by atoms with Gasteiger partial charge in [-0.3, -0.25) is 5.84 Å². The van der Waals surface area contributed by atoms with Crippen molar-refractivity contribution in [3.05, 3.63) is 46.2 Å². The van der Waals surface area contributed by atoms with Gasteiger partial charge in [-0.15, -0.1) is 0 Å². The number of para-hydroxylation sites is 1. The van der Waals surface area contributed by atoms with Gasteiger partial charge in [0.2, 0.25) is 0 Å². The topological polar surface area (TPSA) is 56.5 Å². The maximum absolute atomic E-state index is 5.67. The number of nitrogens with two attached hydrogens (primary N) is 1. The molecule has 0 fully saturated rings. The number of nitrogens with one attached hydrogen (secondary N) is 1. The summed E-state index contributed by atoms with van der Waals surface area (Å²) in [5, 5.41) is 4.08. The molecule has 0 saturated carbocycles. The van der Waals surface area contributed by atoms with E-state index in [1.807, 2.05) is 29.6 Å². The van der Waals surface area contributed by atoms with Gasteiger partial charge in [0.1, 0.15) is 0 Å². The zero-order chi connectivity index (χ0) is 13.0. The van der Waals surface area contributed by atoms with Crippen molar-refractivity contribution in [1.29, 1.82) is 0 Å². The summed E-state index contributed by atoms with van der Waals surface area (Å²) in [4.78, 5) is 0. The second-order valence-electron chi connectivity index (χ2n) is 3.74. The van der Waals surface area contributed by atoms with Gasteiger partial charge in [-0.2, -0.15) is 11.3 Å². The monoisotopic (exact) mass is 264 g/mol. The van der Waals surface area contributed by atoms with E-state index >= 15 is 0 Å². The first kappa shape index (κ1) is 12.9. The zero-order valence-electron chi connectivity index (χ0n) is 10.3. The predicted molar refractivity (Wildman–Crippen MR) is 73.0 cm³/mol. The molecule has 2 aromatic rings. The molecule has 1 aromatic heterocycles. The highest BCUT2D eigenvalue weighted by Gasteiger charge is 2.19. The summed E-state index contributed by atoms with van der Waals surface area (Å²) in [6, 6.07) is 7.69. The van der Waals surface area contributed by atoms with Crippen LogP contribution in [0.25, 0.3) is 0 Å². The maximum atomic E-state index is 5.67. The predicted octanol–water partition coefficient (Wildman–Crippen LogP) is 2.32. The minimum Gasteiger partial charge on any atom is -0.493 e. The lowest BCUT2D eigenvalue weighted by molar-refractivity contribution is 0.349. The van der Waals surface area contributed by atoms with Crippen LogP contribution in [0.2, 0.25) is 0 Å². The molecule has 2 rings (SSSR count). The molecule has 0 aliphatic carbocycles. The standard InChI is InChI=1S/C13H16N2O2S/c1-16-11-5-3-4-10(13(11)17-2)12(15-14)9-6-7-18-8-9/h3-8,12,15H,14H2,1-2H3. The Bertz CT molecular complexity index is 500. The van der Waals surface area contributed by atoms with E-state index in [1.165, 1.54) is 0 Å². The van der Waals surface area contributed by atoms with Gasteiger partial charge in [0.05, 0.1) is 20.3 Å². The summed E-state index contributed by atoms with van der Waals surface area (Å²) in [5.74, 6) is 7.07. The molecule has 0 aliphatic heterocycles. The third kappa shape index (κ3) is 2.33. The average molecular weight is 264 g/mol. The van der Waals surface area contributed by atoms with Crippen molar-refractivity contribution in [2.24, 2.45) is 5.84 Å². The van der Waals surface area contributed by atoms with Crippen LogP contribution in [-0.2, 0) is 0 Å². The van der Waals surface area contributed by atoms with E-state index in [0.29, 0.717) is 11.5 Å². The van der Waals surface area contributed by atoms with Crippen LogP contribution in [0, 0.1) is 0 Å². The Balaban J connectivity index is 2.48. The Morgan fingerprint density at radius 3 is 2.61 bits per heavy atom. The van der Waals surface area contributed by atoms with Crippen LogP contribution in [-0.4, -0.2) is 14.2 Å². The highest BCUT2D eigenvalue weighted by molar-refractivity contribution is 7.08. The first-order valence-corrected chi connectivity index (χ1v) is 6.45. The van der Waals surface area contributed by atoms with Crippen molar-refractivity contribution in [3.63, 3.8) is 0 Å². The average Bonchev–Trinajstić information content (AvgIpc) is 2.93. The fourth-order valence-corrected chi connectivity index (χ4v) is 2.63. The van der Waals surface area contributed by atoms with E-state index in [4.69, 9.17) is 15.3 Å². The Hall–Kier alpha value is -1.56. The van der Waals surface area contributed by atoms with Gasteiger partial charge < -0.3 is 9.47 Å². The molecule has 1 atom stereocenters. The fourth-order valence-electron chi connectivity index (χ4n) is 1.94.